The van der Waals surface area contributed by atoms with Crippen LogP contribution in [0, 0.1) is 13.8 Å². The maximum atomic E-state index is 13.8. The fourth-order valence-electron chi connectivity index (χ4n) is 4.76. The van der Waals surface area contributed by atoms with Crippen molar-refractivity contribution in [1.82, 2.24) is 20.2 Å². The Hall–Kier alpha value is -4.18. The van der Waals surface area contributed by atoms with Gasteiger partial charge in [-0.15, -0.1) is 0 Å². The fourth-order valence-corrected chi connectivity index (χ4v) is 5.33. The van der Waals surface area contributed by atoms with Gasteiger partial charge < -0.3 is 20.1 Å². The molecule has 2 N–H and O–H groups in total. The molecular weight excluding hydrogens is 572 g/mol. The van der Waals surface area contributed by atoms with E-state index in [1.54, 1.807) is 4.68 Å². The van der Waals surface area contributed by atoms with E-state index in [0.717, 1.165) is 28.8 Å². The van der Waals surface area contributed by atoms with Crippen LogP contribution < -0.4 is 20.1 Å². The predicted molar refractivity (Wildman–Crippen MR) is 158 cm³/mol. The summed E-state index contributed by atoms with van der Waals surface area (Å²) in [6.07, 6.45) is 0.757. The fraction of sp³-hybridized carbons (Fsp3) is 0.267. The van der Waals surface area contributed by atoms with Gasteiger partial charge in [0.15, 0.2) is 11.5 Å². The van der Waals surface area contributed by atoms with Crippen molar-refractivity contribution in [2.45, 2.75) is 40.2 Å². The minimum absolute atomic E-state index is 0.248. The minimum atomic E-state index is -0.606. The summed E-state index contributed by atoms with van der Waals surface area (Å²) in [4.78, 5) is 13.8. The molecule has 1 aliphatic heterocycles. The van der Waals surface area contributed by atoms with Crippen LogP contribution in [0.25, 0.3) is 0 Å². The van der Waals surface area contributed by atoms with E-state index >= 15 is 0 Å². The number of aromatic nitrogens is 4. The van der Waals surface area contributed by atoms with Crippen molar-refractivity contribution in [1.29, 1.82) is 0 Å². The zero-order valence-electron chi connectivity index (χ0n) is 22.9. The number of fused-ring (bicyclic) bond motifs is 1. The number of halogens is 1. The second-order valence-electron chi connectivity index (χ2n) is 9.56. The van der Waals surface area contributed by atoms with Gasteiger partial charge in [-0.25, -0.2) is 0 Å². The molecule has 0 fully saturated rings. The lowest BCUT2D eigenvalue weighted by molar-refractivity contribution is -0.113. The largest absolute Gasteiger partial charge is 0.490 e. The van der Waals surface area contributed by atoms with Gasteiger partial charge in [-0.2, -0.15) is 4.68 Å². The molecule has 9 nitrogen and oxygen atoms in total. The number of hydrogen-bond acceptors (Lipinski definition) is 7. The summed E-state index contributed by atoms with van der Waals surface area (Å²) in [6, 6.07) is 19.2. The number of carbonyl (C=O) groups excluding carboxylic acids is 1. The number of ether oxygens (including phenoxy) is 2. The number of anilines is 2. The molecule has 1 unspecified atom stereocenters. The minimum Gasteiger partial charge on any atom is -0.490 e. The van der Waals surface area contributed by atoms with Crippen LogP contribution in [0.5, 0.6) is 11.5 Å². The third-order valence-electron chi connectivity index (χ3n) is 6.94. The summed E-state index contributed by atoms with van der Waals surface area (Å²) in [6.45, 7) is 8.71. The molecule has 0 aliphatic carbocycles. The first-order valence-electron chi connectivity index (χ1n) is 13.1. The SMILES string of the molecule is CCOc1cc(C2C(C(=O)Nc3cccc(C)c3C)=C(C)Nc3nnnn32)cc(Br)c1OCCc1ccccc1. The van der Waals surface area contributed by atoms with Crippen LogP contribution in [0.15, 0.2) is 76.4 Å². The third-order valence-corrected chi connectivity index (χ3v) is 7.53. The van der Waals surface area contributed by atoms with Crippen molar-refractivity contribution in [3.63, 3.8) is 0 Å². The van der Waals surface area contributed by atoms with Crippen molar-refractivity contribution < 1.29 is 14.3 Å². The molecule has 5 rings (SSSR count). The first-order chi connectivity index (χ1) is 19.4. The van der Waals surface area contributed by atoms with Gasteiger partial charge >= 0.3 is 0 Å². The van der Waals surface area contributed by atoms with Crippen LogP contribution in [0.4, 0.5) is 11.6 Å². The van der Waals surface area contributed by atoms with Gasteiger partial charge in [0.1, 0.15) is 6.04 Å². The summed E-state index contributed by atoms with van der Waals surface area (Å²) in [5.41, 5.74) is 5.97. The summed E-state index contributed by atoms with van der Waals surface area (Å²) in [5.74, 6) is 1.37. The summed E-state index contributed by atoms with van der Waals surface area (Å²) in [5, 5.41) is 18.5. The van der Waals surface area contributed by atoms with Gasteiger partial charge in [-0.05, 0) is 94.5 Å². The van der Waals surface area contributed by atoms with E-state index in [-0.39, 0.29) is 5.91 Å². The number of tetrazole rings is 1. The highest BCUT2D eigenvalue weighted by atomic mass is 79.9. The Morgan fingerprint density at radius 3 is 2.65 bits per heavy atom. The third kappa shape index (κ3) is 5.58. The quantitative estimate of drug-likeness (QED) is 0.242. The molecular formula is C30H31BrN6O3. The van der Waals surface area contributed by atoms with Crippen LogP contribution in [0.2, 0.25) is 0 Å². The Bertz CT molecular complexity index is 1570. The molecule has 206 valence electrons. The zero-order chi connectivity index (χ0) is 28.2. The van der Waals surface area contributed by atoms with Gasteiger partial charge in [0.2, 0.25) is 5.95 Å². The molecule has 0 radical (unpaired) electrons. The molecule has 1 aliphatic rings. The van der Waals surface area contributed by atoms with Crippen LogP contribution in [-0.4, -0.2) is 39.3 Å². The first-order valence-corrected chi connectivity index (χ1v) is 13.9. The highest BCUT2D eigenvalue weighted by molar-refractivity contribution is 9.10. The maximum Gasteiger partial charge on any atom is 0.255 e. The van der Waals surface area contributed by atoms with Crippen molar-refractivity contribution in [3.8, 4) is 11.5 Å². The van der Waals surface area contributed by atoms with E-state index in [0.29, 0.717) is 46.4 Å². The van der Waals surface area contributed by atoms with E-state index in [2.05, 4.69) is 54.2 Å². The van der Waals surface area contributed by atoms with Crippen LogP contribution in [0.1, 0.15) is 42.1 Å². The predicted octanol–water partition coefficient (Wildman–Crippen LogP) is 6.00. The van der Waals surface area contributed by atoms with Gasteiger partial charge in [-0.3, -0.25) is 4.79 Å². The van der Waals surface area contributed by atoms with E-state index in [9.17, 15) is 4.79 Å². The highest BCUT2D eigenvalue weighted by Crippen LogP contribution is 2.43. The van der Waals surface area contributed by atoms with Crippen molar-refractivity contribution in [2.24, 2.45) is 0 Å². The molecule has 0 spiro atoms. The molecule has 40 heavy (non-hydrogen) atoms. The molecule has 1 atom stereocenters. The van der Waals surface area contributed by atoms with Crippen molar-refractivity contribution in [3.05, 3.63) is 98.7 Å². The summed E-state index contributed by atoms with van der Waals surface area (Å²) >= 11 is 3.70. The Kier molecular flexibility index (Phi) is 8.16. The second kappa shape index (κ2) is 11.9. The number of nitrogens with zero attached hydrogens (tertiary/aromatic N) is 4. The normalized spacial score (nSPS) is 14.4. The Balaban J connectivity index is 1.50. The van der Waals surface area contributed by atoms with Crippen molar-refractivity contribution >= 4 is 33.5 Å². The number of allylic oxidation sites excluding steroid dienone is 1. The molecule has 0 saturated carbocycles. The number of nitrogens with one attached hydrogen (secondary N) is 2. The van der Waals surface area contributed by atoms with Crippen molar-refractivity contribution in [2.75, 3.05) is 23.8 Å². The monoisotopic (exact) mass is 602 g/mol. The summed E-state index contributed by atoms with van der Waals surface area (Å²) in [7, 11) is 0. The molecule has 3 aromatic carbocycles. The highest BCUT2D eigenvalue weighted by Gasteiger charge is 2.35. The average Bonchev–Trinajstić information content (AvgIpc) is 3.40. The van der Waals surface area contributed by atoms with Gasteiger partial charge in [0, 0.05) is 17.8 Å². The summed E-state index contributed by atoms with van der Waals surface area (Å²) < 4.78 is 14.5. The smallest absolute Gasteiger partial charge is 0.255 e. The van der Waals surface area contributed by atoms with E-state index in [4.69, 9.17) is 9.47 Å². The first kappa shape index (κ1) is 27.4. The molecule has 1 amide bonds. The lowest BCUT2D eigenvalue weighted by Crippen LogP contribution is -2.31. The second-order valence-corrected chi connectivity index (χ2v) is 10.4. The van der Waals surface area contributed by atoms with E-state index in [1.165, 1.54) is 5.56 Å². The molecule has 2 heterocycles. The number of carbonyl (C=O) groups is 1. The van der Waals surface area contributed by atoms with E-state index in [1.807, 2.05) is 76.2 Å². The Morgan fingerprint density at radius 2 is 1.88 bits per heavy atom. The van der Waals surface area contributed by atoms with Crippen LogP contribution in [-0.2, 0) is 11.2 Å². The van der Waals surface area contributed by atoms with Gasteiger partial charge in [0.05, 0.1) is 23.3 Å². The Morgan fingerprint density at radius 1 is 1.07 bits per heavy atom. The number of aryl methyl sites for hydroxylation is 1. The average molecular weight is 604 g/mol. The van der Waals surface area contributed by atoms with Crippen LogP contribution >= 0.6 is 15.9 Å². The van der Waals surface area contributed by atoms with Gasteiger partial charge in [-0.1, -0.05) is 47.6 Å². The van der Waals surface area contributed by atoms with Crippen LogP contribution in [0.3, 0.4) is 0 Å². The lowest BCUT2D eigenvalue weighted by Gasteiger charge is -2.29. The molecule has 4 aromatic rings. The number of hydrogen-bond donors (Lipinski definition) is 2. The molecule has 0 saturated heterocycles. The molecule has 10 heteroatoms. The standard InChI is InChI=1S/C30H31BrN6O3/c1-5-39-25-17-22(16-23(31)28(25)40-15-14-21-11-7-6-8-12-21)27-26(20(4)32-30-34-35-36-37(27)30)29(38)33-24-13-9-10-18(2)19(24)3/h6-13,16-17,27H,5,14-15H2,1-4H3,(H,33,38)(H,32,34,36). The lowest BCUT2D eigenvalue weighted by atomic mass is 9.94. The van der Waals surface area contributed by atoms with Gasteiger partial charge in [0.25, 0.3) is 5.91 Å². The number of amides is 1. The molecule has 1 aromatic heterocycles. The number of benzene rings is 3. The van der Waals surface area contributed by atoms with E-state index < -0.39 is 6.04 Å². The Labute approximate surface area is 241 Å². The topological polar surface area (TPSA) is 103 Å². The maximum absolute atomic E-state index is 13.8. The zero-order valence-corrected chi connectivity index (χ0v) is 24.4. The molecule has 0 bridgehead atoms. The number of rotatable bonds is 9.